The first-order valence-electron chi connectivity index (χ1n) is 9.14. The van der Waals surface area contributed by atoms with E-state index in [0.717, 1.165) is 48.7 Å². The molecule has 1 aliphatic rings. The van der Waals surface area contributed by atoms with E-state index in [4.69, 9.17) is 9.47 Å². The van der Waals surface area contributed by atoms with Crippen molar-refractivity contribution in [1.29, 1.82) is 5.26 Å². The summed E-state index contributed by atoms with van der Waals surface area (Å²) in [4.78, 5) is 2.31. The molecule has 2 aromatic rings. The van der Waals surface area contributed by atoms with E-state index in [1.165, 1.54) is 0 Å². The molecule has 3 rings (SSSR count). The average Bonchev–Trinajstić information content (AvgIpc) is 2.68. The largest absolute Gasteiger partial charge is 0.495 e. The van der Waals surface area contributed by atoms with Crippen molar-refractivity contribution >= 4 is 5.69 Å². The van der Waals surface area contributed by atoms with Gasteiger partial charge in [-0.1, -0.05) is 24.3 Å². The Morgan fingerprint density at radius 2 is 1.81 bits per heavy atom. The second-order valence-electron chi connectivity index (χ2n) is 7.05. The van der Waals surface area contributed by atoms with Gasteiger partial charge in [0, 0.05) is 13.1 Å². The van der Waals surface area contributed by atoms with E-state index < -0.39 is 5.41 Å². The molecule has 0 amide bonds. The summed E-state index contributed by atoms with van der Waals surface area (Å²) in [6, 6.07) is 18.7. The van der Waals surface area contributed by atoms with E-state index in [1.54, 1.807) is 7.11 Å². The van der Waals surface area contributed by atoms with Crippen LogP contribution in [0.3, 0.4) is 0 Å². The normalized spacial score (nSPS) is 16.2. The van der Waals surface area contributed by atoms with Crippen LogP contribution < -0.4 is 14.4 Å². The van der Waals surface area contributed by atoms with Gasteiger partial charge in [-0.3, -0.25) is 0 Å². The van der Waals surface area contributed by atoms with Crippen LogP contribution in [0, 0.1) is 11.3 Å². The first-order chi connectivity index (χ1) is 12.6. The van der Waals surface area contributed by atoms with Crippen molar-refractivity contribution in [3.8, 4) is 17.6 Å². The number of nitrogens with zero attached hydrogens (tertiary/aromatic N) is 2. The Balaban J connectivity index is 1.80. The van der Waals surface area contributed by atoms with Crippen molar-refractivity contribution in [1.82, 2.24) is 0 Å². The van der Waals surface area contributed by atoms with Crippen LogP contribution in [-0.2, 0) is 5.41 Å². The van der Waals surface area contributed by atoms with Gasteiger partial charge >= 0.3 is 0 Å². The summed E-state index contributed by atoms with van der Waals surface area (Å²) < 4.78 is 11.3. The minimum absolute atomic E-state index is 0.121. The second kappa shape index (κ2) is 7.70. The summed E-state index contributed by atoms with van der Waals surface area (Å²) in [5.41, 5.74) is 1.69. The van der Waals surface area contributed by atoms with E-state index in [2.05, 4.69) is 23.1 Å². The van der Waals surface area contributed by atoms with Gasteiger partial charge in [-0.2, -0.15) is 5.26 Å². The second-order valence-corrected chi connectivity index (χ2v) is 7.05. The molecule has 0 unspecified atom stereocenters. The zero-order chi connectivity index (χ0) is 18.6. The number of benzene rings is 2. The number of rotatable bonds is 5. The predicted molar refractivity (Wildman–Crippen MR) is 104 cm³/mol. The van der Waals surface area contributed by atoms with Gasteiger partial charge in [0.2, 0.25) is 0 Å². The molecule has 0 atom stereocenters. The minimum Gasteiger partial charge on any atom is -0.495 e. The molecule has 0 N–H and O–H groups in total. The van der Waals surface area contributed by atoms with Gasteiger partial charge in [-0.05, 0) is 56.5 Å². The van der Waals surface area contributed by atoms with Crippen LogP contribution in [0.5, 0.6) is 11.5 Å². The lowest BCUT2D eigenvalue weighted by Crippen LogP contribution is -2.42. The molecule has 26 heavy (non-hydrogen) atoms. The maximum Gasteiger partial charge on any atom is 0.142 e. The number of ether oxygens (including phenoxy) is 2. The number of hydrogen-bond donors (Lipinski definition) is 0. The molecule has 0 bridgehead atoms. The predicted octanol–water partition coefficient (Wildman–Crippen LogP) is 4.54. The monoisotopic (exact) mass is 350 g/mol. The van der Waals surface area contributed by atoms with Gasteiger partial charge in [0.25, 0.3) is 0 Å². The minimum atomic E-state index is -0.463. The molecule has 0 aliphatic carbocycles. The highest BCUT2D eigenvalue weighted by Gasteiger charge is 2.37. The van der Waals surface area contributed by atoms with Crippen LogP contribution in [0.15, 0.2) is 48.5 Å². The van der Waals surface area contributed by atoms with Crippen LogP contribution in [0.2, 0.25) is 0 Å². The average molecular weight is 350 g/mol. The third-order valence-electron chi connectivity index (χ3n) is 5.02. The summed E-state index contributed by atoms with van der Waals surface area (Å²) in [6.07, 6.45) is 1.69. The molecule has 1 fully saturated rings. The van der Waals surface area contributed by atoms with Crippen LogP contribution in [0.1, 0.15) is 32.3 Å². The molecular formula is C22H26N2O2. The lowest BCUT2D eigenvalue weighted by atomic mass is 9.74. The molecule has 1 heterocycles. The zero-order valence-electron chi connectivity index (χ0n) is 15.7. The fraction of sp³-hybridized carbons (Fsp3) is 0.409. The van der Waals surface area contributed by atoms with Gasteiger partial charge < -0.3 is 14.4 Å². The van der Waals surface area contributed by atoms with Crippen molar-refractivity contribution in [2.24, 2.45) is 0 Å². The Hall–Kier alpha value is -2.67. The van der Waals surface area contributed by atoms with Crippen molar-refractivity contribution in [2.75, 3.05) is 25.1 Å². The third kappa shape index (κ3) is 3.62. The smallest absolute Gasteiger partial charge is 0.142 e. The quantitative estimate of drug-likeness (QED) is 0.794. The highest BCUT2D eigenvalue weighted by atomic mass is 16.5. The standard InChI is InChI=1S/C22H26N2O2/c1-17(2)26-19-8-6-7-18(15-19)22(16-23)11-13-24(14-12-22)20-9-4-5-10-21(20)25-3/h4-10,15,17H,11-14H2,1-3H3. The van der Waals surface area contributed by atoms with Crippen molar-refractivity contribution in [2.45, 2.75) is 38.2 Å². The number of piperidine rings is 1. The number of methoxy groups -OCH3 is 1. The number of hydrogen-bond acceptors (Lipinski definition) is 4. The molecule has 4 heteroatoms. The maximum absolute atomic E-state index is 9.99. The van der Waals surface area contributed by atoms with Crippen LogP contribution in [0.25, 0.3) is 0 Å². The Morgan fingerprint density at radius 3 is 2.46 bits per heavy atom. The Morgan fingerprint density at radius 1 is 1.08 bits per heavy atom. The SMILES string of the molecule is COc1ccccc1N1CCC(C#N)(c2cccc(OC(C)C)c2)CC1. The van der Waals surface area contributed by atoms with Gasteiger partial charge in [0.15, 0.2) is 0 Å². The van der Waals surface area contributed by atoms with E-state index in [-0.39, 0.29) is 6.10 Å². The third-order valence-corrected chi connectivity index (χ3v) is 5.02. The molecule has 1 saturated heterocycles. The van der Waals surface area contributed by atoms with Crippen molar-refractivity contribution < 1.29 is 9.47 Å². The molecule has 0 saturated carbocycles. The molecule has 0 aromatic heterocycles. The molecule has 1 aliphatic heterocycles. The van der Waals surface area contributed by atoms with E-state index in [0.29, 0.717) is 0 Å². The number of nitriles is 1. The van der Waals surface area contributed by atoms with Gasteiger partial charge in [0.05, 0.1) is 30.4 Å². The molecule has 0 spiro atoms. The molecule has 2 aromatic carbocycles. The lowest BCUT2D eigenvalue weighted by Gasteiger charge is -2.39. The van der Waals surface area contributed by atoms with Gasteiger partial charge in [0.1, 0.15) is 11.5 Å². The molecule has 4 nitrogen and oxygen atoms in total. The molecular weight excluding hydrogens is 324 g/mol. The highest BCUT2D eigenvalue weighted by Crippen LogP contribution is 2.39. The van der Waals surface area contributed by atoms with Crippen LogP contribution in [-0.4, -0.2) is 26.3 Å². The fourth-order valence-electron chi connectivity index (χ4n) is 3.62. The van der Waals surface area contributed by atoms with Gasteiger partial charge in [-0.25, -0.2) is 0 Å². The summed E-state index contributed by atoms with van der Waals surface area (Å²) in [5, 5.41) is 9.99. The van der Waals surface area contributed by atoms with Crippen molar-refractivity contribution in [3.05, 3.63) is 54.1 Å². The Bertz CT molecular complexity index is 787. The molecule has 0 radical (unpaired) electrons. The lowest BCUT2D eigenvalue weighted by molar-refractivity contribution is 0.241. The Labute approximate surface area is 156 Å². The van der Waals surface area contributed by atoms with E-state index in [9.17, 15) is 5.26 Å². The zero-order valence-corrected chi connectivity index (χ0v) is 15.7. The van der Waals surface area contributed by atoms with E-state index >= 15 is 0 Å². The number of anilines is 1. The first kappa shape index (κ1) is 18.1. The highest BCUT2D eigenvalue weighted by molar-refractivity contribution is 5.59. The van der Waals surface area contributed by atoms with E-state index in [1.807, 2.05) is 50.2 Å². The maximum atomic E-state index is 9.99. The summed E-state index contributed by atoms with van der Waals surface area (Å²) in [7, 11) is 1.70. The Kier molecular flexibility index (Phi) is 5.37. The van der Waals surface area contributed by atoms with Gasteiger partial charge in [-0.15, -0.1) is 0 Å². The van der Waals surface area contributed by atoms with Crippen LogP contribution in [0.4, 0.5) is 5.69 Å². The van der Waals surface area contributed by atoms with Crippen molar-refractivity contribution in [3.63, 3.8) is 0 Å². The number of para-hydroxylation sites is 2. The molecule has 136 valence electrons. The summed E-state index contributed by atoms with van der Waals surface area (Å²) in [5.74, 6) is 1.71. The fourth-order valence-corrected chi connectivity index (χ4v) is 3.62. The summed E-state index contributed by atoms with van der Waals surface area (Å²) >= 11 is 0. The summed E-state index contributed by atoms with van der Waals surface area (Å²) in [6.45, 7) is 5.67. The topological polar surface area (TPSA) is 45.5 Å². The van der Waals surface area contributed by atoms with Crippen LogP contribution >= 0.6 is 0 Å². The first-order valence-corrected chi connectivity index (χ1v) is 9.14.